The van der Waals surface area contributed by atoms with Gasteiger partial charge in [-0.3, -0.25) is 4.79 Å². The molecule has 1 saturated heterocycles. The van der Waals surface area contributed by atoms with E-state index in [1.165, 1.54) is 32.0 Å². The summed E-state index contributed by atoms with van der Waals surface area (Å²) in [5.41, 5.74) is 0. The summed E-state index contributed by atoms with van der Waals surface area (Å²) in [6.07, 6.45) is 3.97. The van der Waals surface area contributed by atoms with Crippen LogP contribution in [0.2, 0.25) is 0 Å². The van der Waals surface area contributed by atoms with Crippen molar-refractivity contribution in [2.24, 2.45) is 5.92 Å². The lowest BCUT2D eigenvalue weighted by atomic mass is 10.1. The number of nitrogens with zero attached hydrogens (tertiary/aromatic N) is 1. The summed E-state index contributed by atoms with van der Waals surface area (Å²) in [7, 11) is 0. The molecule has 0 spiro atoms. The molecule has 1 aliphatic rings. The van der Waals surface area contributed by atoms with Gasteiger partial charge < -0.3 is 10.2 Å². The molecule has 3 nitrogen and oxygen atoms in total. The highest BCUT2D eigenvalue weighted by molar-refractivity contribution is 5.86. The first kappa shape index (κ1) is 11.2. The monoisotopic (exact) mass is 196 g/mol. The third kappa shape index (κ3) is 3.92. The number of hydrogen-bond acceptors (Lipinski definition) is 2. The van der Waals surface area contributed by atoms with Crippen LogP contribution in [0.15, 0.2) is 12.7 Å². The number of amides is 1. The van der Waals surface area contributed by atoms with Crippen LogP contribution in [-0.4, -0.2) is 37.0 Å². The van der Waals surface area contributed by atoms with E-state index in [1.807, 2.05) is 0 Å². The molecule has 3 heteroatoms. The molecule has 1 N–H and O–H groups in total. The van der Waals surface area contributed by atoms with E-state index in [4.69, 9.17) is 0 Å². The first-order valence-electron chi connectivity index (χ1n) is 5.35. The van der Waals surface area contributed by atoms with Gasteiger partial charge in [0.15, 0.2) is 0 Å². The van der Waals surface area contributed by atoms with Crippen LogP contribution in [0, 0.1) is 5.92 Å². The summed E-state index contributed by atoms with van der Waals surface area (Å²) < 4.78 is 0. The summed E-state index contributed by atoms with van der Waals surface area (Å²) in [6.45, 7) is 9.88. The fourth-order valence-corrected chi connectivity index (χ4v) is 1.82. The molecule has 0 radical (unpaired) electrons. The maximum absolute atomic E-state index is 10.9. The lowest BCUT2D eigenvalue weighted by molar-refractivity contribution is -0.116. The molecule has 14 heavy (non-hydrogen) atoms. The van der Waals surface area contributed by atoms with E-state index >= 15 is 0 Å². The predicted octanol–water partition coefficient (Wildman–Crippen LogP) is 1.02. The largest absolute Gasteiger partial charge is 0.352 e. The SMILES string of the molecule is C=CC(=O)NCC(C)CN1CCCC1. The van der Waals surface area contributed by atoms with Crippen molar-refractivity contribution in [3.63, 3.8) is 0 Å². The van der Waals surface area contributed by atoms with Crippen LogP contribution >= 0.6 is 0 Å². The Balaban J connectivity index is 2.11. The van der Waals surface area contributed by atoms with Crippen molar-refractivity contribution in [1.29, 1.82) is 0 Å². The third-order valence-electron chi connectivity index (χ3n) is 2.58. The van der Waals surface area contributed by atoms with Crippen molar-refractivity contribution in [3.8, 4) is 0 Å². The van der Waals surface area contributed by atoms with E-state index < -0.39 is 0 Å². The molecular weight excluding hydrogens is 176 g/mol. The summed E-state index contributed by atoms with van der Waals surface area (Å²) in [6, 6.07) is 0. The van der Waals surface area contributed by atoms with Gasteiger partial charge >= 0.3 is 0 Å². The van der Waals surface area contributed by atoms with Crippen molar-refractivity contribution in [3.05, 3.63) is 12.7 Å². The lowest BCUT2D eigenvalue weighted by Crippen LogP contribution is -2.33. The average molecular weight is 196 g/mol. The van der Waals surface area contributed by atoms with Gasteiger partial charge in [0.2, 0.25) is 5.91 Å². The average Bonchev–Trinajstić information content (AvgIpc) is 2.66. The number of rotatable bonds is 5. The smallest absolute Gasteiger partial charge is 0.243 e. The Hall–Kier alpha value is -0.830. The topological polar surface area (TPSA) is 32.3 Å². The Kier molecular flexibility index (Phi) is 4.66. The molecular formula is C11H20N2O. The summed E-state index contributed by atoms with van der Waals surface area (Å²) in [4.78, 5) is 13.4. The molecule has 0 saturated carbocycles. The van der Waals surface area contributed by atoms with E-state index in [1.54, 1.807) is 0 Å². The molecule has 1 atom stereocenters. The van der Waals surface area contributed by atoms with Gasteiger partial charge in [0.05, 0.1) is 0 Å². The van der Waals surface area contributed by atoms with Crippen LogP contribution < -0.4 is 5.32 Å². The zero-order chi connectivity index (χ0) is 10.4. The Morgan fingerprint density at radius 1 is 1.57 bits per heavy atom. The minimum absolute atomic E-state index is 0.0710. The van der Waals surface area contributed by atoms with Crippen LogP contribution in [0.4, 0.5) is 0 Å². The standard InChI is InChI=1S/C11H20N2O/c1-3-11(14)12-8-10(2)9-13-6-4-5-7-13/h3,10H,1,4-9H2,2H3,(H,12,14). The second kappa shape index (κ2) is 5.81. The van der Waals surface area contributed by atoms with Gasteiger partial charge in [0.25, 0.3) is 0 Å². The minimum Gasteiger partial charge on any atom is -0.352 e. The van der Waals surface area contributed by atoms with Gasteiger partial charge in [-0.2, -0.15) is 0 Å². The van der Waals surface area contributed by atoms with E-state index in [-0.39, 0.29) is 5.91 Å². The van der Waals surface area contributed by atoms with Crippen molar-refractivity contribution in [2.45, 2.75) is 19.8 Å². The third-order valence-corrected chi connectivity index (χ3v) is 2.58. The lowest BCUT2D eigenvalue weighted by Gasteiger charge is -2.20. The fraction of sp³-hybridized carbons (Fsp3) is 0.727. The van der Waals surface area contributed by atoms with Gasteiger partial charge in [-0.15, -0.1) is 0 Å². The van der Waals surface area contributed by atoms with Gasteiger partial charge in [-0.05, 0) is 37.9 Å². The highest BCUT2D eigenvalue weighted by Crippen LogP contribution is 2.09. The first-order chi connectivity index (χ1) is 6.72. The molecule has 0 aromatic heterocycles. The molecule has 0 aromatic carbocycles. The Bertz CT molecular complexity index is 197. The number of nitrogens with one attached hydrogen (secondary N) is 1. The fourth-order valence-electron chi connectivity index (χ4n) is 1.82. The quantitative estimate of drug-likeness (QED) is 0.666. The van der Waals surface area contributed by atoms with Crippen LogP contribution in [-0.2, 0) is 4.79 Å². The number of likely N-dealkylation sites (tertiary alicyclic amines) is 1. The Morgan fingerprint density at radius 2 is 2.21 bits per heavy atom. The second-order valence-electron chi connectivity index (χ2n) is 4.06. The summed E-state index contributed by atoms with van der Waals surface area (Å²) in [5.74, 6) is 0.454. The molecule has 1 fully saturated rings. The first-order valence-corrected chi connectivity index (χ1v) is 5.35. The van der Waals surface area contributed by atoms with E-state index in [2.05, 4.69) is 23.7 Å². The number of hydrogen-bond donors (Lipinski definition) is 1. The summed E-state index contributed by atoms with van der Waals surface area (Å²) >= 11 is 0. The van der Waals surface area contributed by atoms with Gasteiger partial charge in [-0.25, -0.2) is 0 Å². The maximum atomic E-state index is 10.9. The summed E-state index contributed by atoms with van der Waals surface area (Å²) in [5, 5.41) is 2.82. The van der Waals surface area contributed by atoms with Gasteiger partial charge in [0.1, 0.15) is 0 Å². The van der Waals surface area contributed by atoms with Crippen molar-refractivity contribution >= 4 is 5.91 Å². The predicted molar refractivity (Wildman–Crippen MR) is 58.0 cm³/mol. The molecule has 0 aromatic rings. The van der Waals surface area contributed by atoms with Crippen LogP contribution in [0.1, 0.15) is 19.8 Å². The van der Waals surface area contributed by atoms with Crippen molar-refractivity contribution in [2.75, 3.05) is 26.2 Å². The molecule has 1 unspecified atom stereocenters. The highest BCUT2D eigenvalue weighted by atomic mass is 16.1. The minimum atomic E-state index is -0.0710. The highest BCUT2D eigenvalue weighted by Gasteiger charge is 2.14. The van der Waals surface area contributed by atoms with Crippen molar-refractivity contribution in [1.82, 2.24) is 10.2 Å². The maximum Gasteiger partial charge on any atom is 0.243 e. The van der Waals surface area contributed by atoms with E-state index in [0.717, 1.165) is 13.1 Å². The number of carbonyl (C=O) groups excluding carboxylic acids is 1. The Labute approximate surface area is 86.2 Å². The molecule has 1 heterocycles. The molecule has 1 amide bonds. The molecule has 1 rings (SSSR count). The van der Waals surface area contributed by atoms with E-state index in [9.17, 15) is 4.79 Å². The second-order valence-corrected chi connectivity index (χ2v) is 4.06. The van der Waals surface area contributed by atoms with Crippen LogP contribution in [0.25, 0.3) is 0 Å². The van der Waals surface area contributed by atoms with Crippen LogP contribution in [0.5, 0.6) is 0 Å². The van der Waals surface area contributed by atoms with Crippen LogP contribution in [0.3, 0.4) is 0 Å². The molecule has 1 aliphatic heterocycles. The molecule has 80 valence electrons. The van der Waals surface area contributed by atoms with Gasteiger partial charge in [-0.1, -0.05) is 13.5 Å². The molecule has 0 bridgehead atoms. The zero-order valence-electron chi connectivity index (χ0n) is 8.96. The van der Waals surface area contributed by atoms with Crippen molar-refractivity contribution < 1.29 is 4.79 Å². The zero-order valence-corrected chi connectivity index (χ0v) is 8.96. The van der Waals surface area contributed by atoms with E-state index in [0.29, 0.717) is 5.92 Å². The Morgan fingerprint density at radius 3 is 2.79 bits per heavy atom. The van der Waals surface area contributed by atoms with Gasteiger partial charge in [0, 0.05) is 13.1 Å². The number of carbonyl (C=O) groups is 1. The normalized spacial score (nSPS) is 19.2. The molecule has 0 aliphatic carbocycles.